The van der Waals surface area contributed by atoms with Crippen LogP contribution in [0.5, 0.6) is 0 Å². The molecular formula is C17H24O4. The largest absolute Gasteiger partial charge is 0.469 e. The lowest BCUT2D eigenvalue weighted by atomic mass is 9.53. The third-order valence-electron chi connectivity index (χ3n) is 5.89. The van der Waals surface area contributed by atoms with Gasteiger partial charge in [0.1, 0.15) is 11.9 Å². The first-order valence-electron chi connectivity index (χ1n) is 7.77. The van der Waals surface area contributed by atoms with E-state index in [1.165, 1.54) is 6.92 Å². The van der Waals surface area contributed by atoms with E-state index in [1.807, 2.05) is 6.92 Å². The van der Waals surface area contributed by atoms with Crippen LogP contribution < -0.4 is 0 Å². The van der Waals surface area contributed by atoms with Gasteiger partial charge in [-0.2, -0.15) is 0 Å². The minimum Gasteiger partial charge on any atom is -0.469 e. The van der Waals surface area contributed by atoms with Gasteiger partial charge in [-0.3, -0.25) is 4.79 Å². The highest BCUT2D eigenvalue weighted by molar-refractivity contribution is 5.66. The Bertz CT molecular complexity index is 561. The van der Waals surface area contributed by atoms with Gasteiger partial charge in [0.25, 0.3) is 0 Å². The monoisotopic (exact) mass is 292 g/mol. The summed E-state index contributed by atoms with van der Waals surface area (Å²) in [4.78, 5) is 11.6. The van der Waals surface area contributed by atoms with Crippen LogP contribution in [0.15, 0.2) is 10.7 Å². The Morgan fingerprint density at radius 1 is 1.48 bits per heavy atom. The number of carbonyl (C=O) groups excluding carboxylic acids is 1. The number of aliphatic hydroxyl groups is 1. The van der Waals surface area contributed by atoms with Crippen molar-refractivity contribution < 1.29 is 19.1 Å². The fraction of sp³-hybridized carbons (Fsp3) is 0.706. The Labute approximate surface area is 125 Å². The van der Waals surface area contributed by atoms with E-state index in [1.54, 1.807) is 6.26 Å². The number of esters is 1. The van der Waals surface area contributed by atoms with Gasteiger partial charge in [-0.05, 0) is 37.2 Å². The lowest BCUT2D eigenvalue weighted by Gasteiger charge is -2.54. The normalized spacial score (nSPS) is 38.5. The van der Waals surface area contributed by atoms with Crippen molar-refractivity contribution in [3.63, 3.8) is 0 Å². The van der Waals surface area contributed by atoms with E-state index in [2.05, 4.69) is 13.8 Å². The highest BCUT2D eigenvalue weighted by Gasteiger charge is 2.56. The molecule has 0 spiro atoms. The minimum absolute atomic E-state index is 0.0862. The molecule has 0 bridgehead atoms. The van der Waals surface area contributed by atoms with Gasteiger partial charge in [0.05, 0.1) is 12.4 Å². The van der Waals surface area contributed by atoms with Crippen LogP contribution in [0.1, 0.15) is 56.6 Å². The summed E-state index contributed by atoms with van der Waals surface area (Å²) in [5, 5.41) is 10.3. The number of hydrogen-bond donors (Lipinski definition) is 1. The average molecular weight is 292 g/mol. The van der Waals surface area contributed by atoms with Crippen LogP contribution in [0.3, 0.4) is 0 Å². The molecule has 1 N–H and O–H groups in total. The van der Waals surface area contributed by atoms with Crippen molar-refractivity contribution in [2.75, 3.05) is 0 Å². The smallest absolute Gasteiger partial charge is 0.303 e. The van der Waals surface area contributed by atoms with Crippen molar-refractivity contribution in [3.8, 4) is 0 Å². The highest BCUT2D eigenvalue weighted by atomic mass is 16.5. The molecule has 116 valence electrons. The predicted molar refractivity (Wildman–Crippen MR) is 77.7 cm³/mol. The van der Waals surface area contributed by atoms with E-state index in [9.17, 15) is 9.90 Å². The minimum atomic E-state index is -0.335. The molecule has 1 heterocycles. The molecule has 2 aliphatic carbocycles. The second kappa shape index (κ2) is 4.87. The van der Waals surface area contributed by atoms with Crippen molar-refractivity contribution in [2.24, 2.45) is 17.3 Å². The molecule has 1 aromatic rings. The number of fused-ring (bicyclic) bond motifs is 2. The maximum atomic E-state index is 11.6. The predicted octanol–water partition coefficient (Wildman–Crippen LogP) is 3.16. The molecule has 1 fully saturated rings. The molecule has 3 rings (SSSR count). The van der Waals surface area contributed by atoms with E-state index in [-0.39, 0.29) is 29.5 Å². The van der Waals surface area contributed by atoms with Crippen molar-refractivity contribution in [1.82, 2.24) is 0 Å². The van der Waals surface area contributed by atoms with Crippen LogP contribution in [-0.2, 0) is 16.0 Å². The average Bonchev–Trinajstić information content (AvgIpc) is 2.78. The van der Waals surface area contributed by atoms with Gasteiger partial charge in [0, 0.05) is 24.3 Å². The topological polar surface area (TPSA) is 59.7 Å². The zero-order valence-electron chi connectivity index (χ0n) is 13.2. The van der Waals surface area contributed by atoms with Crippen LogP contribution in [0, 0.1) is 24.2 Å². The lowest BCUT2D eigenvalue weighted by Crippen LogP contribution is -2.52. The zero-order chi connectivity index (χ0) is 15.4. The van der Waals surface area contributed by atoms with E-state index in [0.717, 1.165) is 36.1 Å². The van der Waals surface area contributed by atoms with Gasteiger partial charge in [0.2, 0.25) is 0 Å². The van der Waals surface area contributed by atoms with E-state index < -0.39 is 0 Å². The molecule has 0 aromatic carbocycles. The molecular weight excluding hydrogens is 268 g/mol. The summed E-state index contributed by atoms with van der Waals surface area (Å²) in [6.07, 6.45) is 3.71. The van der Waals surface area contributed by atoms with Crippen molar-refractivity contribution >= 4 is 5.97 Å². The van der Waals surface area contributed by atoms with Crippen molar-refractivity contribution in [1.29, 1.82) is 0 Å². The molecule has 0 amide bonds. The van der Waals surface area contributed by atoms with Gasteiger partial charge >= 0.3 is 5.97 Å². The van der Waals surface area contributed by atoms with Gasteiger partial charge in [-0.25, -0.2) is 0 Å². The molecule has 0 unspecified atom stereocenters. The molecule has 1 saturated carbocycles. The molecule has 21 heavy (non-hydrogen) atoms. The maximum absolute atomic E-state index is 11.6. The first kappa shape index (κ1) is 14.6. The number of furan rings is 1. The number of rotatable bonds is 1. The third kappa shape index (κ3) is 2.03. The SMILES string of the molecule is CC(=O)O[C@H]1c2c(C)coc2C[C@@H]2CC[C@H](O)[C@@H](C)[C@]21C. The van der Waals surface area contributed by atoms with Gasteiger partial charge < -0.3 is 14.3 Å². The Kier molecular flexibility index (Phi) is 3.40. The summed E-state index contributed by atoms with van der Waals surface area (Å²) in [5.74, 6) is 1.13. The Balaban J connectivity index is 2.12. The zero-order valence-corrected chi connectivity index (χ0v) is 13.2. The summed E-state index contributed by atoms with van der Waals surface area (Å²) in [7, 11) is 0. The molecule has 0 radical (unpaired) electrons. The number of ether oxygens (including phenoxy) is 1. The van der Waals surface area contributed by atoms with Crippen molar-refractivity contribution in [3.05, 3.63) is 23.2 Å². The van der Waals surface area contributed by atoms with E-state index in [4.69, 9.17) is 9.15 Å². The molecule has 5 atom stereocenters. The first-order valence-corrected chi connectivity index (χ1v) is 7.77. The van der Waals surface area contributed by atoms with Crippen LogP contribution in [-0.4, -0.2) is 17.2 Å². The Morgan fingerprint density at radius 3 is 2.86 bits per heavy atom. The number of aliphatic hydroxyl groups excluding tert-OH is 1. The van der Waals surface area contributed by atoms with Crippen LogP contribution in [0.4, 0.5) is 0 Å². The van der Waals surface area contributed by atoms with E-state index >= 15 is 0 Å². The highest BCUT2D eigenvalue weighted by Crippen LogP contribution is 2.59. The third-order valence-corrected chi connectivity index (χ3v) is 5.89. The van der Waals surface area contributed by atoms with Gasteiger partial charge in [-0.15, -0.1) is 0 Å². The van der Waals surface area contributed by atoms with E-state index in [0.29, 0.717) is 5.92 Å². The second-order valence-electron chi connectivity index (χ2n) is 6.95. The molecule has 4 heteroatoms. The fourth-order valence-electron chi connectivity index (χ4n) is 4.40. The number of carbonyl (C=O) groups is 1. The van der Waals surface area contributed by atoms with Crippen LogP contribution in [0.25, 0.3) is 0 Å². The maximum Gasteiger partial charge on any atom is 0.303 e. The summed E-state index contributed by atoms with van der Waals surface area (Å²) >= 11 is 0. The standard InChI is InChI=1S/C17H24O4/c1-9-8-20-14-7-12-5-6-13(19)10(2)17(12,4)16(15(9)14)21-11(3)18/h8,10,12-13,16,19H,5-7H2,1-4H3/t10-,12+,13+,16+,17-/m1/s1. The summed E-state index contributed by atoms with van der Waals surface area (Å²) in [5.41, 5.74) is 1.80. The Hall–Kier alpha value is -1.29. The molecule has 0 saturated heterocycles. The fourth-order valence-corrected chi connectivity index (χ4v) is 4.40. The second-order valence-corrected chi connectivity index (χ2v) is 6.95. The van der Waals surface area contributed by atoms with Gasteiger partial charge in [0.15, 0.2) is 0 Å². The van der Waals surface area contributed by atoms with Gasteiger partial charge in [-0.1, -0.05) is 13.8 Å². The number of hydrogen-bond acceptors (Lipinski definition) is 4. The van der Waals surface area contributed by atoms with Crippen LogP contribution >= 0.6 is 0 Å². The molecule has 0 aliphatic heterocycles. The van der Waals surface area contributed by atoms with Crippen LogP contribution in [0.2, 0.25) is 0 Å². The summed E-state index contributed by atoms with van der Waals surface area (Å²) < 4.78 is 11.4. The summed E-state index contributed by atoms with van der Waals surface area (Å²) in [6.45, 7) is 7.68. The Morgan fingerprint density at radius 2 is 2.19 bits per heavy atom. The molecule has 1 aromatic heterocycles. The summed E-state index contributed by atoms with van der Waals surface area (Å²) in [6, 6.07) is 0. The van der Waals surface area contributed by atoms with Crippen molar-refractivity contribution in [2.45, 2.75) is 59.2 Å². The molecule has 4 nitrogen and oxygen atoms in total. The first-order chi connectivity index (χ1) is 9.85. The quantitative estimate of drug-likeness (QED) is 0.808. The molecule has 2 aliphatic rings. The lowest BCUT2D eigenvalue weighted by molar-refractivity contribution is -0.175. The number of aryl methyl sites for hydroxylation is 1.